The monoisotopic (exact) mass is 269 g/mol. The molecule has 2 N–H and O–H groups in total. The van der Waals surface area contributed by atoms with Crippen molar-refractivity contribution in [1.82, 2.24) is 15.2 Å². The van der Waals surface area contributed by atoms with Crippen LogP contribution in [0.5, 0.6) is 0 Å². The van der Waals surface area contributed by atoms with Gasteiger partial charge in [0, 0.05) is 25.3 Å². The lowest BCUT2D eigenvalue weighted by Crippen LogP contribution is -2.41. The first-order valence-electron chi connectivity index (χ1n) is 6.58. The first-order chi connectivity index (χ1) is 8.70. The first-order valence-corrected chi connectivity index (χ1v) is 6.95. The molecule has 0 saturated carbocycles. The molecule has 2 rings (SSSR count). The van der Waals surface area contributed by atoms with Crippen LogP contribution >= 0.6 is 11.6 Å². The quantitative estimate of drug-likeness (QED) is 0.882. The zero-order chi connectivity index (χ0) is 13.0. The normalized spacial score (nSPS) is 20.4. The topological polar surface area (TPSA) is 46.1 Å². The number of hydrogen-bond acceptors (Lipinski definition) is 2. The van der Waals surface area contributed by atoms with Gasteiger partial charge in [0.1, 0.15) is 5.69 Å². The van der Waals surface area contributed by atoms with Gasteiger partial charge in [0.25, 0.3) is 5.91 Å². The Morgan fingerprint density at radius 1 is 1.61 bits per heavy atom. The van der Waals surface area contributed by atoms with Crippen LogP contribution in [0.15, 0.2) is 12.3 Å². The number of carbonyl (C=O) groups excluding carboxylic acids is 1. The Morgan fingerprint density at radius 2 is 2.44 bits per heavy atom. The lowest BCUT2D eigenvalue weighted by Gasteiger charge is -2.16. The fourth-order valence-corrected chi connectivity index (χ4v) is 2.55. The minimum absolute atomic E-state index is 0.0301. The maximum Gasteiger partial charge on any atom is 0.268 e. The fourth-order valence-electron chi connectivity index (χ4n) is 2.33. The maximum atomic E-state index is 12.2. The molecule has 1 fully saturated rings. The number of halogens is 1. The van der Waals surface area contributed by atoms with Gasteiger partial charge < -0.3 is 15.2 Å². The summed E-state index contributed by atoms with van der Waals surface area (Å²) in [6, 6.07) is 1.95. The van der Waals surface area contributed by atoms with E-state index in [1.165, 1.54) is 6.42 Å². The summed E-state index contributed by atoms with van der Waals surface area (Å²) in [5.41, 5.74) is 0.645. The van der Waals surface area contributed by atoms with Crippen molar-refractivity contribution in [1.29, 1.82) is 0 Å². The van der Waals surface area contributed by atoms with E-state index in [1.54, 1.807) is 12.3 Å². The minimum atomic E-state index is -0.0301. The van der Waals surface area contributed by atoms with Gasteiger partial charge in [0.15, 0.2) is 0 Å². The summed E-state index contributed by atoms with van der Waals surface area (Å²) in [6.45, 7) is 4.65. The SMILES string of the molecule is CCn1cc(Cl)cc1C(=O)NC1CCCCNC1. The smallest absolute Gasteiger partial charge is 0.268 e. The molecule has 1 aliphatic heterocycles. The van der Waals surface area contributed by atoms with Gasteiger partial charge >= 0.3 is 0 Å². The molecule has 1 aromatic heterocycles. The second kappa shape index (κ2) is 6.25. The third kappa shape index (κ3) is 3.27. The van der Waals surface area contributed by atoms with Crippen molar-refractivity contribution in [2.45, 2.75) is 38.8 Å². The predicted molar refractivity (Wildman–Crippen MR) is 73.1 cm³/mol. The van der Waals surface area contributed by atoms with Crippen molar-refractivity contribution in [3.8, 4) is 0 Å². The molecule has 4 nitrogen and oxygen atoms in total. The Hall–Kier alpha value is -1.00. The van der Waals surface area contributed by atoms with Crippen molar-refractivity contribution in [2.24, 2.45) is 0 Å². The molecule has 0 radical (unpaired) electrons. The van der Waals surface area contributed by atoms with Crippen LogP contribution in [0.3, 0.4) is 0 Å². The van der Waals surface area contributed by atoms with E-state index in [-0.39, 0.29) is 11.9 Å². The van der Waals surface area contributed by atoms with Crippen molar-refractivity contribution in [3.05, 3.63) is 23.0 Å². The van der Waals surface area contributed by atoms with Crippen LogP contribution < -0.4 is 10.6 Å². The van der Waals surface area contributed by atoms with Gasteiger partial charge in [-0.15, -0.1) is 0 Å². The van der Waals surface area contributed by atoms with Gasteiger partial charge in [-0.05, 0) is 32.4 Å². The van der Waals surface area contributed by atoms with E-state index in [9.17, 15) is 4.79 Å². The Morgan fingerprint density at radius 3 is 3.22 bits per heavy atom. The van der Waals surface area contributed by atoms with E-state index >= 15 is 0 Å². The van der Waals surface area contributed by atoms with E-state index in [0.29, 0.717) is 10.7 Å². The summed E-state index contributed by atoms with van der Waals surface area (Å²) in [7, 11) is 0. The summed E-state index contributed by atoms with van der Waals surface area (Å²) in [4.78, 5) is 12.2. The molecule has 5 heteroatoms. The van der Waals surface area contributed by atoms with Crippen LogP contribution in [0.4, 0.5) is 0 Å². The maximum absolute atomic E-state index is 12.2. The highest BCUT2D eigenvalue weighted by Gasteiger charge is 2.18. The van der Waals surface area contributed by atoms with Crippen LogP contribution in [0.2, 0.25) is 5.02 Å². The van der Waals surface area contributed by atoms with Crippen LogP contribution in [0.1, 0.15) is 36.7 Å². The van der Waals surface area contributed by atoms with Crippen LogP contribution in [-0.2, 0) is 6.54 Å². The average Bonchev–Trinajstić information content (AvgIpc) is 2.57. The largest absolute Gasteiger partial charge is 0.347 e. The number of carbonyl (C=O) groups is 1. The van der Waals surface area contributed by atoms with Crippen molar-refractivity contribution < 1.29 is 4.79 Å². The molecule has 1 saturated heterocycles. The van der Waals surface area contributed by atoms with Crippen molar-refractivity contribution in [3.63, 3.8) is 0 Å². The number of rotatable bonds is 3. The van der Waals surface area contributed by atoms with E-state index in [0.717, 1.165) is 32.5 Å². The molecule has 0 spiro atoms. The Kier molecular flexibility index (Phi) is 4.66. The molecule has 1 aromatic rings. The van der Waals surface area contributed by atoms with E-state index < -0.39 is 0 Å². The van der Waals surface area contributed by atoms with E-state index in [1.807, 2.05) is 11.5 Å². The van der Waals surface area contributed by atoms with Gasteiger partial charge in [0.05, 0.1) is 5.02 Å². The summed E-state index contributed by atoms with van der Waals surface area (Å²) in [5, 5.41) is 7.03. The zero-order valence-corrected chi connectivity index (χ0v) is 11.5. The lowest BCUT2D eigenvalue weighted by atomic mass is 10.1. The van der Waals surface area contributed by atoms with Gasteiger partial charge in [-0.25, -0.2) is 0 Å². The molecule has 2 heterocycles. The molecule has 1 unspecified atom stereocenters. The summed E-state index contributed by atoms with van der Waals surface area (Å²) in [6.07, 6.45) is 5.18. The standard InChI is InChI=1S/C13H20ClN3O/c1-2-17-9-10(14)7-12(17)13(18)16-11-5-3-4-6-15-8-11/h7,9,11,15H,2-6,8H2,1H3,(H,16,18). The van der Waals surface area contributed by atoms with Crippen LogP contribution in [0, 0.1) is 0 Å². The van der Waals surface area contributed by atoms with Crippen molar-refractivity contribution >= 4 is 17.5 Å². The van der Waals surface area contributed by atoms with Gasteiger partial charge in [-0.2, -0.15) is 0 Å². The number of aryl methyl sites for hydroxylation is 1. The Balaban J connectivity index is 2.01. The molecule has 1 aliphatic rings. The number of aromatic nitrogens is 1. The molecular weight excluding hydrogens is 250 g/mol. The summed E-state index contributed by atoms with van der Waals surface area (Å²) >= 11 is 5.94. The van der Waals surface area contributed by atoms with Gasteiger partial charge in [-0.1, -0.05) is 18.0 Å². The first kappa shape index (κ1) is 13.4. The molecular formula is C13H20ClN3O. The third-order valence-electron chi connectivity index (χ3n) is 3.32. The average molecular weight is 270 g/mol. The van der Waals surface area contributed by atoms with Crippen LogP contribution in [-0.4, -0.2) is 29.6 Å². The molecule has 0 aromatic carbocycles. The van der Waals surface area contributed by atoms with Crippen LogP contribution in [0.25, 0.3) is 0 Å². The molecule has 1 amide bonds. The third-order valence-corrected chi connectivity index (χ3v) is 3.53. The van der Waals surface area contributed by atoms with Gasteiger partial charge in [-0.3, -0.25) is 4.79 Å². The summed E-state index contributed by atoms with van der Waals surface area (Å²) in [5.74, 6) is -0.0301. The highest BCUT2D eigenvalue weighted by atomic mass is 35.5. The zero-order valence-electron chi connectivity index (χ0n) is 10.7. The van der Waals surface area contributed by atoms with E-state index in [2.05, 4.69) is 10.6 Å². The highest BCUT2D eigenvalue weighted by Crippen LogP contribution is 2.14. The predicted octanol–water partition coefficient (Wildman–Crippen LogP) is 2.03. The number of nitrogens with zero attached hydrogens (tertiary/aromatic N) is 1. The fraction of sp³-hybridized carbons (Fsp3) is 0.615. The van der Waals surface area contributed by atoms with Crippen molar-refractivity contribution in [2.75, 3.05) is 13.1 Å². The van der Waals surface area contributed by atoms with Gasteiger partial charge in [0.2, 0.25) is 0 Å². The minimum Gasteiger partial charge on any atom is -0.347 e. The Labute approximate surface area is 113 Å². The summed E-state index contributed by atoms with van der Waals surface area (Å²) < 4.78 is 1.88. The number of hydrogen-bond donors (Lipinski definition) is 2. The second-order valence-corrected chi connectivity index (χ2v) is 5.14. The lowest BCUT2D eigenvalue weighted by molar-refractivity contribution is 0.0926. The Bertz CT molecular complexity index is 408. The second-order valence-electron chi connectivity index (χ2n) is 4.70. The molecule has 100 valence electrons. The number of amides is 1. The molecule has 18 heavy (non-hydrogen) atoms. The molecule has 1 atom stereocenters. The molecule has 0 bridgehead atoms. The highest BCUT2D eigenvalue weighted by molar-refractivity contribution is 6.31. The molecule has 0 aliphatic carbocycles. The van der Waals surface area contributed by atoms with E-state index in [4.69, 9.17) is 11.6 Å². The number of nitrogens with one attached hydrogen (secondary N) is 2.